The quantitative estimate of drug-likeness (QED) is 0.864. The van der Waals surface area contributed by atoms with Crippen LogP contribution in [0.3, 0.4) is 0 Å². The third kappa shape index (κ3) is 2.96. The molecule has 2 aliphatic rings. The molecule has 0 unspecified atom stereocenters. The molecule has 1 amide bonds. The van der Waals surface area contributed by atoms with Gasteiger partial charge in [-0.2, -0.15) is 0 Å². The zero-order chi connectivity index (χ0) is 16.4. The fraction of sp³-hybridized carbons (Fsp3) is 0.381. The maximum absolute atomic E-state index is 13.1. The van der Waals surface area contributed by atoms with Crippen molar-refractivity contribution in [2.75, 3.05) is 26.2 Å². The number of hydrogen-bond acceptors (Lipinski definition) is 2. The highest BCUT2D eigenvalue weighted by Gasteiger charge is 2.53. The highest BCUT2D eigenvalue weighted by atomic mass is 16.2. The molecule has 2 aromatic carbocycles. The Labute approximate surface area is 143 Å². The molecule has 0 bridgehead atoms. The van der Waals surface area contributed by atoms with Crippen LogP contribution in [0.2, 0.25) is 0 Å². The van der Waals surface area contributed by atoms with Gasteiger partial charge in [-0.15, -0.1) is 0 Å². The maximum Gasteiger partial charge on any atom is 0.233 e. The van der Waals surface area contributed by atoms with Crippen LogP contribution in [0.25, 0.3) is 0 Å². The summed E-state index contributed by atoms with van der Waals surface area (Å²) in [6.07, 6.45) is 2.00. The van der Waals surface area contributed by atoms with Crippen molar-refractivity contribution >= 4 is 5.91 Å². The fourth-order valence-corrected chi connectivity index (χ4v) is 3.76. The molecule has 0 N–H and O–H groups in total. The first-order valence-electron chi connectivity index (χ1n) is 8.89. The summed E-state index contributed by atoms with van der Waals surface area (Å²) < 4.78 is 0. The van der Waals surface area contributed by atoms with Gasteiger partial charge in [0.05, 0.1) is 5.41 Å². The number of hydrogen-bond donors (Lipinski definition) is 0. The SMILES string of the molecule is O=C(N1CCN(Cc2ccccc2)CC1)C1(c2ccccc2)CC1. The van der Waals surface area contributed by atoms with E-state index in [0.29, 0.717) is 5.91 Å². The van der Waals surface area contributed by atoms with Gasteiger partial charge in [0.15, 0.2) is 0 Å². The second kappa shape index (κ2) is 6.40. The molecular formula is C21H24N2O. The van der Waals surface area contributed by atoms with Crippen molar-refractivity contribution in [2.24, 2.45) is 0 Å². The van der Waals surface area contributed by atoms with Gasteiger partial charge < -0.3 is 4.90 Å². The average Bonchev–Trinajstić information content (AvgIpc) is 3.45. The van der Waals surface area contributed by atoms with Gasteiger partial charge in [0.1, 0.15) is 0 Å². The van der Waals surface area contributed by atoms with Gasteiger partial charge in [0.2, 0.25) is 5.91 Å². The van der Waals surface area contributed by atoms with E-state index in [4.69, 9.17) is 0 Å². The average molecular weight is 320 g/mol. The molecule has 24 heavy (non-hydrogen) atoms. The molecule has 2 fully saturated rings. The molecule has 1 saturated carbocycles. The molecule has 2 aromatic rings. The first kappa shape index (κ1) is 15.4. The Hall–Kier alpha value is -2.13. The fourth-order valence-electron chi connectivity index (χ4n) is 3.76. The lowest BCUT2D eigenvalue weighted by Crippen LogP contribution is -2.51. The molecule has 1 heterocycles. The molecule has 3 nitrogen and oxygen atoms in total. The monoisotopic (exact) mass is 320 g/mol. The normalized spacial score (nSPS) is 19.9. The summed E-state index contributed by atoms with van der Waals surface area (Å²) in [5.74, 6) is 0.341. The van der Waals surface area contributed by atoms with E-state index in [1.54, 1.807) is 0 Å². The minimum Gasteiger partial charge on any atom is -0.339 e. The van der Waals surface area contributed by atoms with Crippen LogP contribution >= 0.6 is 0 Å². The van der Waals surface area contributed by atoms with Crippen LogP contribution in [0, 0.1) is 0 Å². The highest BCUT2D eigenvalue weighted by molar-refractivity contribution is 5.91. The van der Waals surface area contributed by atoms with Gasteiger partial charge in [0.25, 0.3) is 0 Å². The Kier molecular flexibility index (Phi) is 4.11. The predicted octanol–water partition coefficient (Wildman–Crippen LogP) is 3.06. The molecule has 1 aliphatic carbocycles. The van der Waals surface area contributed by atoms with Crippen LogP contribution < -0.4 is 0 Å². The summed E-state index contributed by atoms with van der Waals surface area (Å²) >= 11 is 0. The molecule has 1 saturated heterocycles. The summed E-state index contributed by atoms with van der Waals surface area (Å²) in [5, 5.41) is 0. The third-order valence-corrected chi connectivity index (χ3v) is 5.39. The Bertz CT molecular complexity index is 686. The van der Waals surface area contributed by atoms with E-state index >= 15 is 0 Å². The molecule has 0 atom stereocenters. The second-order valence-electron chi connectivity index (χ2n) is 7.00. The largest absolute Gasteiger partial charge is 0.339 e. The number of nitrogens with zero attached hydrogens (tertiary/aromatic N) is 2. The number of carbonyl (C=O) groups is 1. The molecule has 1 aliphatic heterocycles. The summed E-state index contributed by atoms with van der Waals surface area (Å²) in [4.78, 5) is 17.6. The number of amides is 1. The third-order valence-electron chi connectivity index (χ3n) is 5.39. The van der Waals surface area contributed by atoms with Gasteiger partial charge >= 0.3 is 0 Å². The van der Waals surface area contributed by atoms with Crippen molar-refractivity contribution in [3.8, 4) is 0 Å². The maximum atomic E-state index is 13.1. The van der Waals surface area contributed by atoms with Crippen LogP contribution in [-0.2, 0) is 16.8 Å². The van der Waals surface area contributed by atoms with Gasteiger partial charge in [0, 0.05) is 32.7 Å². The van der Waals surface area contributed by atoms with Gasteiger partial charge in [-0.05, 0) is 24.0 Å². The van der Waals surface area contributed by atoms with Crippen LogP contribution in [0.15, 0.2) is 60.7 Å². The van der Waals surface area contributed by atoms with Crippen molar-refractivity contribution in [3.63, 3.8) is 0 Å². The summed E-state index contributed by atoms with van der Waals surface area (Å²) in [5.41, 5.74) is 2.32. The van der Waals surface area contributed by atoms with E-state index in [1.165, 1.54) is 11.1 Å². The van der Waals surface area contributed by atoms with Crippen LogP contribution in [0.1, 0.15) is 24.0 Å². The Morgan fingerprint density at radius 2 is 1.42 bits per heavy atom. The number of piperazine rings is 1. The molecule has 4 rings (SSSR count). The van der Waals surface area contributed by atoms with Gasteiger partial charge in [-0.1, -0.05) is 60.7 Å². The first-order valence-corrected chi connectivity index (χ1v) is 8.89. The van der Waals surface area contributed by atoms with E-state index in [9.17, 15) is 4.79 Å². The van der Waals surface area contributed by atoms with Crippen molar-refractivity contribution in [3.05, 3.63) is 71.8 Å². The van der Waals surface area contributed by atoms with Crippen molar-refractivity contribution in [1.29, 1.82) is 0 Å². The molecular weight excluding hydrogens is 296 g/mol. The number of benzene rings is 2. The molecule has 0 radical (unpaired) electrons. The van der Waals surface area contributed by atoms with Crippen LogP contribution in [0.5, 0.6) is 0 Å². The Morgan fingerprint density at radius 3 is 2.00 bits per heavy atom. The van der Waals surface area contributed by atoms with E-state index in [2.05, 4.69) is 52.3 Å². The van der Waals surface area contributed by atoms with Crippen molar-refractivity contribution < 1.29 is 4.79 Å². The van der Waals surface area contributed by atoms with Crippen molar-refractivity contribution in [2.45, 2.75) is 24.8 Å². The minimum absolute atomic E-state index is 0.219. The first-order chi connectivity index (χ1) is 11.8. The Morgan fingerprint density at radius 1 is 0.833 bits per heavy atom. The standard InChI is InChI=1S/C21H24N2O/c24-20(21(11-12-21)19-9-5-2-6-10-19)23-15-13-22(14-16-23)17-18-7-3-1-4-8-18/h1-10H,11-17H2. The lowest BCUT2D eigenvalue weighted by Gasteiger charge is -2.36. The van der Waals surface area contributed by atoms with Gasteiger partial charge in [-0.3, -0.25) is 9.69 Å². The zero-order valence-electron chi connectivity index (χ0n) is 14.0. The van der Waals surface area contributed by atoms with E-state index in [0.717, 1.165) is 45.6 Å². The summed E-state index contributed by atoms with van der Waals surface area (Å²) in [7, 11) is 0. The lowest BCUT2D eigenvalue weighted by molar-refractivity contribution is -0.135. The summed E-state index contributed by atoms with van der Waals surface area (Å²) in [6.45, 7) is 4.60. The van der Waals surface area contributed by atoms with Crippen LogP contribution in [-0.4, -0.2) is 41.9 Å². The van der Waals surface area contributed by atoms with E-state index in [1.807, 2.05) is 18.2 Å². The van der Waals surface area contributed by atoms with Crippen molar-refractivity contribution in [1.82, 2.24) is 9.80 Å². The predicted molar refractivity (Wildman–Crippen MR) is 95.7 cm³/mol. The van der Waals surface area contributed by atoms with Gasteiger partial charge in [-0.25, -0.2) is 0 Å². The smallest absolute Gasteiger partial charge is 0.233 e. The summed E-state index contributed by atoms with van der Waals surface area (Å²) in [6, 6.07) is 20.9. The topological polar surface area (TPSA) is 23.6 Å². The molecule has 3 heteroatoms. The minimum atomic E-state index is -0.219. The highest BCUT2D eigenvalue weighted by Crippen LogP contribution is 2.49. The zero-order valence-corrected chi connectivity index (χ0v) is 14.0. The molecule has 0 aromatic heterocycles. The molecule has 124 valence electrons. The van der Waals surface area contributed by atoms with E-state index < -0.39 is 0 Å². The Balaban J connectivity index is 1.37. The number of carbonyl (C=O) groups excluding carboxylic acids is 1. The lowest BCUT2D eigenvalue weighted by atomic mass is 9.94. The van der Waals surface area contributed by atoms with E-state index in [-0.39, 0.29) is 5.41 Å². The second-order valence-corrected chi connectivity index (χ2v) is 7.00. The number of rotatable bonds is 4. The van der Waals surface area contributed by atoms with Crippen LogP contribution in [0.4, 0.5) is 0 Å². The molecule has 0 spiro atoms.